The van der Waals surface area contributed by atoms with Gasteiger partial charge in [0.25, 0.3) is 0 Å². The molecule has 0 aliphatic heterocycles. The molecule has 5 nitrogen and oxygen atoms in total. The lowest BCUT2D eigenvalue weighted by Crippen LogP contribution is -2.17. The lowest BCUT2D eigenvalue weighted by atomic mass is 9.78. The molecule has 0 amide bonds. The first kappa shape index (κ1) is 23.9. The molecule has 172 valence electrons. The standard InChI is InChI=1S/C27H36N2O3/c1-16(30)15-28-20-11-9-18(10-12-20)23-17(2)32-25(29-23)19-13-21(26(3,4)5)24(31)22(14-19)27(6,7)8/h9-14,16,28,30-31H,15H2,1-8H3. The third-order valence-corrected chi connectivity index (χ3v) is 5.53. The number of phenols is 1. The number of nitrogens with zero attached hydrogens (tertiary/aromatic N) is 1. The fraction of sp³-hybridized carbons (Fsp3) is 0.444. The van der Waals surface area contributed by atoms with E-state index in [2.05, 4.69) is 46.9 Å². The summed E-state index contributed by atoms with van der Waals surface area (Å²) in [6, 6.07) is 11.9. The maximum Gasteiger partial charge on any atom is 0.226 e. The van der Waals surface area contributed by atoms with Crippen LogP contribution in [0.15, 0.2) is 40.8 Å². The van der Waals surface area contributed by atoms with E-state index in [9.17, 15) is 10.2 Å². The third kappa shape index (κ3) is 5.16. The van der Waals surface area contributed by atoms with Gasteiger partial charge >= 0.3 is 0 Å². The summed E-state index contributed by atoms with van der Waals surface area (Å²) in [4.78, 5) is 4.82. The molecule has 1 aromatic heterocycles. The van der Waals surface area contributed by atoms with Crippen LogP contribution in [0.2, 0.25) is 0 Å². The molecule has 1 unspecified atom stereocenters. The number of nitrogens with one attached hydrogen (secondary N) is 1. The zero-order valence-corrected chi connectivity index (χ0v) is 20.5. The van der Waals surface area contributed by atoms with Gasteiger partial charge in [0.15, 0.2) is 0 Å². The zero-order chi connectivity index (χ0) is 23.8. The second-order valence-electron chi connectivity index (χ2n) is 10.7. The van der Waals surface area contributed by atoms with Crippen LogP contribution in [0.3, 0.4) is 0 Å². The van der Waals surface area contributed by atoms with E-state index in [0.717, 1.165) is 39.4 Å². The van der Waals surface area contributed by atoms with Crippen molar-refractivity contribution < 1.29 is 14.6 Å². The van der Waals surface area contributed by atoms with Gasteiger partial charge in [0.05, 0.1) is 6.10 Å². The number of aliphatic hydroxyl groups is 1. The summed E-state index contributed by atoms with van der Waals surface area (Å²) in [6.45, 7) is 16.7. The summed E-state index contributed by atoms with van der Waals surface area (Å²) in [5.74, 6) is 1.63. The van der Waals surface area contributed by atoms with E-state index in [-0.39, 0.29) is 10.8 Å². The van der Waals surface area contributed by atoms with E-state index in [0.29, 0.717) is 18.2 Å². The number of oxazole rings is 1. The highest BCUT2D eigenvalue weighted by Crippen LogP contribution is 2.42. The molecule has 3 N–H and O–H groups in total. The molecule has 0 spiro atoms. The van der Waals surface area contributed by atoms with Gasteiger partial charge in [0.1, 0.15) is 17.2 Å². The number of anilines is 1. The van der Waals surface area contributed by atoms with Gasteiger partial charge in [0.2, 0.25) is 5.89 Å². The predicted molar refractivity (Wildman–Crippen MR) is 131 cm³/mol. The first-order valence-electron chi connectivity index (χ1n) is 11.2. The largest absolute Gasteiger partial charge is 0.507 e. The Labute approximate surface area is 191 Å². The van der Waals surface area contributed by atoms with Gasteiger partial charge in [0, 0.05) is 34.5 Å². The van der Waals surface area contributed by atoms with Gasteiger partial charge < -0.3 is 19.9 Å². The second-order valence-corrected chi connectivity index (χ2v) is 10.7. The second kappa shape index (κ2) is 8.62. The van der Waals surface area contributed by atoms with Crippen molar-refractivity contribution in [3.8, 4) is 28.5 Å². The number of benzene rings is 2. The van der Waals surface area contributed by atoms with Crippen molar-refractivity contribution in [1.82, 2.24) is 4.98 Å². The summed E-state index contributed by atoms with van der Waals surface area (Å²) in [6.07, 6.45) is -0.406. The monoisotopic (exact) mass is 436 g/mol. The van der Waals surface area contributed by atoms with Gasteiger partial charge in [-0.1, -0.05) is 53.7 Å². The fourth-order valence-electron chi connectivity index (χ4n) is 3.70. The van der Waals surface area contributed by atoms with Gasteiger partial charge in [-0.3, -0.25) is 0 Å². The van der Waals surface area contributed by atoms with Crippen molar-refractivity contribution in [2.45, 2.75) is 72.3 Å². The van der Waals surface area contributed by atoms with Crippen LogP contribution in [0.5, 0.6) is 5.75 Å². The van der Waals surface area contributed by atoms with E-state index in [1.54, 1.807) is 6.92 Å². The molecular formula is C27H36N2O3. The Morgan fingerprint density at radius 1 is 0.938 bits per heavy atom. The normalized spacial score (nSPS) is 13.3. The molecule has 32 heavy (non-hydrogen) atoms. The highest BCUT2D eigenvalue weighted by Gasteiger charge is 2.28. The molecule has 1 atom stereocenters. The van der Waals surface area contributed by atoms with Crippen LogP contribution in [0.4, 0.5) is 5.69 Å². The summed E-state index contributed by atoms with van der Waals surface area (Å²) >= 11 is 0. The van der Waals surface area contributed by atoms with Crippen molar-refractivity contribution in [3.05, 3.63) is 53.3 Å². The molecule has 0 aliphatic rings. The predicted octanol–water partition coefficient (Wildman–Crippen LogP) is 6.41. The summed E-state index contributed by atoms with van der Waals surface area (Å²) < 4.78 is 6.10. The minimum absolute atomic E-state index is 0.223. The number of hydrogen-bond donors (Lipinski definition) is 3. The molecule has 3 rings (SSSR count). The van der Waals surface area contributed by atoms with Crippen LogP contribution < -0.4 is 5.32 Å². The average Bonchev–Trinajstić information content (AvgIpc) is 3.06. The lowest BCUT2D eigenvalue weighted by Gasteiger charge is -2.27. The molecule has 0 saturated carbocycles. The molecule has 0 saturated heterocycles. The number of aromatic nitrogens is 1. The number of aryl methyl sites for hydroxylation is 1. The molecule has 1 heterocycles. The Bertz CT molecular complexity index is 1050. The molecule has 3 aromatic rings. The topological polar surface area (TPSA) is 78.5 Å². The Hall–Kier alpha value is -2.79. The quantitative estimate of drug-likeness (QED) is 0.431. The maximum atomic E-state index is 11.0. The highest BCUT2D eigenvalue weighted by atomic mass is 16.4. The van der Waals surface area contributed by atoms with Gasteiger partial charge in [-0.05, 0) is 48.9 Å². The smallest absolute Gasteiger partial charge is 0.226 e. The average molecular weight is 437 g/mol. The van der Waals surface area contributed by atoms with E-state index in [1.165, 1.54) is 0 Å². The van der Waals surface area contributed by atoms with Gasteiger partial charge in [-0.25, -0.2) is 4.98 Å². The number of rotatable bonds is 5. The van der Waals surface area contributed by atoms with E-state index < -0.39 is 6.10 Å². The zero-order valence-electron chi connectivity index (χ0n) is 20.5. The van der Waals surface area contributed by atoms with Crippen LogP contribution in [0.25, 0.3) is 22.7 Å². The van der Waals surface area contributed by atoms with Crippen LogP contribution in [-0.2, 0) is 10.8 Å². The SMILES string of the molecule is Cc1oc(-c2cc(C(C)(C)C)c(O)c(C(C)(C)C)c2)nc1-c1ccc(NCC(C)O)cc1. The van der Waals surface area contributed by atoms with Crippen LogP contribution >= 0.6 is 0 Å². The first-order chi connectivity index (χ1) is 14.8. The Kier molecular flexibility index (Phi) is 6.43. The Balaban J connectivity index is 2.03. The van der Waals surface area contributed by atoms with Crippen molar-refractivity contribution in [2.24, 2.45) is 0 Å². The molecule has 0 aliphatic carbocycles. The van der Waals surface area contributed by atoms with Crippen LogP contribution in [0, 0.1) is 6.92 Å². The Morgan fingerprint density at radius 3 is 1.94 bits per heavy atom. The summed E-state index contributed by atoms with van der Waals surface area (Å²) in [7, 11) is 0. The van der Waals surface area contributed by atoms with Crippen LogP contribution in [0.1, 0.15) is 65.4 Å². The maximum absolute atomic E-state index is 11.0. The molecule has 5 heteroatoms. The molecule has 0 fully saturated rings. The first-order valence-corrected chi connectivity index (χ1v) is 11.2. The molecule has 0 bridgehead atoms. The fourth-order valence-corrected chi connectivity index (χ4v) is 3.70. The van der Waals surface area contributed by atoms with Crippen molar-refractivity contribution in [2.75, 3.05) is 11.9 Å². The summed E-state index contributed by atoms with van der Waals surface area (Å²) in [5.41, 5.74) is 4.88. The van der Waals surface area contributed by atoms with E-state index in [4.69, 9.17) is 9.40 Å². The molecular weight excluding hydrogens is 400 g/mol. The molecule has 2 aromatic carbocycles. The number of aliphatic hydroxyl groups excluding tert-OH is 1. The summed E-state index contributed by atoms with van der Waals surface area (Å²) in [5, 5.41) is 23.6. The van der Waals surface area contributed by atoms with Crippen molar-refractivity contribution in [3.63, 3.8) is 0 Å². The number of phenolic OH excluding ortho intramolecular Hbond substituents is 1. The minimum atomic E-state index is -0.406. The highest BCUT2D eigenvalue weighted by molar-refractivity contribution is 5.69. The lowest BCUT2D eigenvalue weighted by molar-refractivity contribution is 0.208. The van der Waals surface area contributed by atoms with Gasteiger partial charge in [-0.15, -0.1) is 0 Å². The molecule has 0 radical (unpaired) electrons. The van der Waals surface area contributed by atoms with Gasteiger partial charge in [-0.2, -0.15) is 0 Å². The number of aromatic hydroxyl groups is 1. The third-order valence-electron chi connectivity index (χ3n) is 5.53. The minimum Gasteiger partial charge on any atom is -0.507 e. The van der Waals surface area contributed by atoms with Crippen molar-refractivity contribution in [1.29, 1.82) is 0 Å². The van der Waals surface area contributed by atoms with Crippen molar-refractivity contribution >= 4 is 5.69 Å². The van der Waals surface area contributed by atoms with E-state index >= 15 is 0 Å². The number of hydrogen-bond acceptors (Lipinski definition) is 5. The van der Waals surface area contributed by atoms with Crippen LogP contribution in [-0.4, -0.2) is 27.8 Å². The van der Waals surface area contributed by atoms with E-state index in [1.807, 2.05) is 43.3 Å². The Morgan fingerprint density at radius 2 is 1.47 bits per heavy atom.